The van der Waals surface area contributed by atoms with Crippen LogP contribution in [0.4, 0.5) is 10.2 Å². The van der Waals surface area contributed by atoms with E-state index in [1.807, 2.05) is 24.3 Å². The van der Waals surface area contributed by atoms with Crippen molar-refractivity contribution < 1.29 is 13.9 Å². The molecular weight excluding hydrogens is 421 g/mol. The molecule has 0 amide bonds. The van der Waals surface area contributed by atoms with E-state index in [9.17, 15) is 4.39 Å². The van der Waals surface area contributed by atoms with E-state index < -0.39 is 0 Å². The Morgan fingerprint density at radius 1 is 1.00 bits per heavy atom. The maximum Gasteiger partial charge on any atom is 0.257 e. The first-order valence-corrected chi connectivity index (χ1v) is 10.9. The van der Waals surface area contributed by atoms with Gasteiger partial charge >= 0.3 is 0 Å². The molecule has 168 valence electrons. The molecule has 3 aromatic heterocycles. The van der Waals surface area contributed by atoms with E-state index in [2.05, 4.69) is 39.1 Å². The van der Waals surface area contributed by atoms with E-state index >= 15 is 0 Å². The number of fused-ring (bicyclic) bond motifs is 2. The number of rotatable bonds is 6. The van der Waals surface area contributed by atoms with Gasteiger partial charge < -0.3 is 14.8 Å². The number of nitrogens with one attached hydrogen (secondary N) is 1. The first-order valence-electron chi connectivity index (χ1n) is 10.9. The smallest absolute Gasteiger partial charge is 0.257 e. The van der Waals surface area contributed by atoms with Gasteiger partial charge in [0.1, 0.15) is 36.7 Å². The van der Waals surface area contributed by atoms with Crippen molar-refractivity contribution in [2.45, 2.75) is 19.8 Å². The lowest BCUT2D eigenvalue weighted by Crippen LogP contribution is -2.21. The zero-order valence-corrected chi connectivity index (χ0v) is 18.5. The van der Waals surface area contributed by atoms with Crippen molar-refractivity contribution in [2.75, 3.05) is 25.1 Å². The van der Waals surface area contributed by atoms with Gasteiger partial charge in [-0.1, -0.05) is 19.9 Å². The largest absolute Gasteiger partial charge is 0.484 e. The molecule has 0 radical (unpaired) electrons. The molecule has 2 atom stereocenters. The molecule has 0 bridgehead atoms. The molecule has 4 aromatic rings. The van der Waals surface area contributed by atoms with Crippen LogP contribution < -0.4 is 14.8 Å². The molecule has 5 rings (SSSR count). The predicted octanol–water partition coefficient (Wildman–Crippen LogP) is 4.85. The normalized spacial score (nSPS) is 14.6. The Bertz CT molecular complexity index is 1300. The predicted molar refractivity (Wildman–Crippen MR) is 124 cm³/mol. The summed E-state index contributed by atoms with van der Waals surface area (Å²) < 4.78 is 26.0. The SMILES string of the molecule is CC(c1ccnc2c1OCCO2)[C@H](C)CNc1cc(-c2cc(F)c3ncccc3c2)ncn1. The number of halogens is 1. The highest BCUT2D eigenvalue weighted by Gasteiger charge is 2.24. The molecule has 4 heterocycles. The number of hydrogen-bond donors (Lipinski definition) is 1. The summed E-state index contributed by atoms with van der Waals surface area (Å²) in [5.74, 6) is 2.08. The second-order valence-electron chi connectivity index (χ2n) is 8.20. The Morgan fingerprint density at radius 3 is 2.79 bits per heavy atom. The second-order valence-corrected chi connectivity index (χ2v) is 8.20. The Kier molecular flexibility index (Phi) is 5.73. The number of nitrogens with zero attached hydrogens (tertiary/aromatic N) is 4. The summed E-state index contributed by atoms with van der Waals surface area (Å²) in [6, 6.07) is 10.8. The summed E-state index contributed by atoms with van der Waals surface area (Å²) >= 11 is 0. The first-order chi connectivity index (χ1) is 16.1. The van der Waals surface area contributed by atoms with Gasteiger partial charge in [-0.05, 0) is 36.1 Å². The molecule has 0 fully saturated rings. The fraction of sp³-hybridized carbons (Fsp3) is 0.280. The fourth-order valence-corrected chi connectivity index (χ4v) is 3.99. The molecule has 33 heavy (non-hydrogen) atoms. The quantitative estimate of drug-likeness (QED) is 0.454. The number of hydrogen-bond acceptors (Lipinski definition) is 7. The average Bonchev–Trinajstić information content (AvgIpc) is 2.86. The van der Waals surface area contributed by atoms with Gasteiger partial charge in [0, 0.05) is 41.5 Å². The lowest BCUT2D eigenvalue weighted by atomic mass is 9.88. The van der Waals surface area contributed by atoms with Gasteiger partial charge in [-0.25, -0.2) is 19.3 Å². The van der Waals surface area contributed by atoms with Crippen LogP contribution in [0, 0.1) is 11.7 Å². The zero-order chi connectivity index (χ0) is 22.8. The van der Waals surface area contributed by atoms with Gasteiger partial charge in [0.15, 0.2) is 5.75 Å². The topological polar surface area (TPSA) is 82.0 Å². The van der Waals surface area contributed by atoms with Crippen molar-refractivity contribution in [1.29, 1.82) is 0 Å². The van der Waals surface area contributed by atoms with E-state index in [0.717, 1.165) is 16.7 Å². The zero-order valence-electron chi connectivity index (χ0n) is 18.5. The standard InChI is InChI=1S/C25H24FN5O2/c1-15(16(2)19-5-7-28-25-24(19)32-8-9-33-25)13-29-22-12-21(30-14-31-22)18-10-17-4-3-6-27-23(17)20(26)11-18/h3-7,10-12,14-16H,8-9,13H2,1-2H3,(H,29,30,31)/t15-,16?/m1/s1. The first kappa shape index (κ1) is 21.1. The lowest BCUT2D eigenvalue weighted by Gasteiger charge is -2.26. The van der Waals surface area contributed by atoms with Crippen molar-refractivity contribution in [3.05, 3.63) is 66.5 Å². The third-order valence-electron chi connectivity index (χ3n) is 6.04. The molecule has 0 saturated heterocycles. The highest BCUT2D eigenvalue weighted by Crippen LogP contribution is 2.38. The highest BCUT2D eigenvalue weighted by atomic mass is 19.1. The van der Waals surface area contributed by atoms with Crippen molar-refractivity contribution >= 4 is 16.7 Å². The van der Waals surface area contributed by atoms with Gasteiger partial charge in [0.05, 0.1) is 5.69 Å². The minimum absolute atomic E-state index is 0.208. The van der Waals surface area contributed by atoms with Gasteiger partial charge in [0.2, 0.25) is 0 Å². The van der Waals surface area contributed by atoms with Crippen molar-refractivity contribution in [1.82, 2.24) is 19.9 Å². The Hall–Kier alpha value is -3.81. The van der Waals surface area contributed by atoms with E-state index in [-0.39, 0.29) is 17.7 Å². The molecule has 8 heteroatoms. The molecule has 1 aromatic carbocycles. The van der Waals surface area contributed by atoms with Crippen LogP contribution in [0.5, 0.6) is 11.6 Å². The van der Waals surface area contributed by atoms with Crippen LogP contribution in [-0.4, -0.2) is 39.7 Å². The molecule has 1 N–H and O–H groups in total. The Morgan fingerprint density at radius 2 is 1.88 bits per heavy atom. The lowest BCUT2D eigenvalue weighted by molar-refractivity contribution is 0.161. The number of ether oxygens (including phenoxy) is 2. The molecular formula is C25H24FN5O2. The number of benzene rings is 1. The van der Waals surface area contributed by atoms with Crippen LogP contribution in [-0.2, 0) is 0 Å². The molecule has 1 aliphatic heterocycles. The summed E-state index contributed by atoms with van der Waals surface area (Å²) in [6.45, 7) is 6.06. The van der Waals surface area contributed by atoms with Crippen LogP contribution in [0.3, 0.4) is 0 Å². The summed E-state index contributed by atoms with van der Waals surface area (Å²) in [4.78, 5) is 17.1. The van der Waals surface area contributed by atoms with Crippen LogP contribution in [0.1, 0.15) is 25.3 Å². The summed E-state index contributed by atoms with van der Waals surface area (Å²) in [6.07, 6.45) is 4.83. The van der Waals surface area contributed by atoms with Crippen LogP contribution >= 0.6 is 0 Å². The van der Waals surface area contributed by atoms with E-state index in [0.29, 0.717) is 48.2 Å². The maximum absolute atomic E-state index is 14.5. The van der Waals surface area contributed by atoms with Crippen LogP contribution in [0.15, 0.2) is 55.1 Å². The summed E-state index contributed by atoms with van der Waals surface area (Å²) in [5.41, 5.74) is 2.76. The van der Waals surface area contributed by atoms with Crippen LogP contribution in [0.25, 0.3) is 22.2 Å². The van der Waals surface area contributed by atoms with Gasteiger partial charge in [-0.15, -0.1) is 0 Å². The second kappa shape index (κ2) is 8.97. The van der Waals surface area contributed by atoms with E-state index in [1.165, 1.54) is 12.4 Å². The molecule has 0 spiro atoms. The summed E-state index contributed by atoms with van der Waals surface area (Å²) in [7, 11) is 0. The third kappa shape index (κ3) is 4.28. The molecule has 7 nitrogen and oxygen atoms in total. The monoisotopic (exact) mass is 445 g/mol. The molecule has 1 unspecified atom stereocenters. The van der Waals surface area contributed by atoms with Gasteiger partial charge in [-0.3, -0.25) is 4.98 Å². The number of pyridine rings is 2. The average molecular weight is 445 g/mol. The maximum atomic E-state index is 14.5. The third-order valence-corrected chi connectivity index (χ3v) is 6.04. The Balaban J connectivity index is 1.32. The number of anilines is 1. The van der Waals surface area contributed by atoms with Gasteiger partial charge in [-0.2, -0.15) is 0 Å². The van der Waals surface area contributed by atoms with Crippen molar-refractivity contribution in [3.63, 3.8) is 0 Å². The fourth-order valence-electron chi connectivity index (χ4n) is 3.99. The molecule has 1 aliphatic rings. The minimum atomic E-state index is -0.370. The molecule has 0 aliphatic carbocycles. The van der Waals surface area contributed by atoms with E-state index in [1.54, 1.807) is 18.5 Å². The van der Waals surface area contributed by atoms with E-state index in [4.69, 9.17) is 9.47 Å². The number of aromatic nitrogens is 4. The molecule has 0 saturated carbocycles. The van der Waals surface area contributed by atoms with Gasteiger partial charge in [0.25, 0.3) is 5.88 Å². The Labute approximate surface area is 191 Å². The van der Waals surface area contributed by atoms with Crippen molar-refractivity contribution in [3.8, 4) is 22.9 Å². The van der Waals surface area contributed by atoms with Crippen LogP contribution in [0.2, 0.25) is 0 Å². The minimum Gasteiger partial charge on any atom is -0.484 e. The summed E-state index contributed by atoms with van der Waals surface area (Å²) in [5, 5.41) is 4.12. The van der Waals surface area contributed by atoms with Crippen molar-refractivity contribution in [2.24, 2.45) is 5.92 Å². The highest BCUT2D eigenvalue weighted by molar-refractivity contribution is 5.84.